The van der Waals surface area contributed by atoms with Crippen molar-refractivity contribution < 1.29 is 14.3 Å². The van der Waals surface area contributed by atoms with Crippen LogP contribution in [0.15, 0.2) is 40.9 Å². The lowest BCUT2D eigenvalue weighted by Gasteiger charge is -2.10. The van der Waals surface area contributed by atoms with Crippen molar-refractivity contribution in [2.75, 3.05) is 18.5 Å². The van der Waals surface area contributed by atoms with E-state index < -0.39 is 0 Å². The molecule has 2 N–H and O–H groups in total. The number of unbranched alkanes of at least 4 members (excludes halogenated alkanes) is 1. The first-order valence-corrected chi connectivity index (χ1v) is 10.7. The molecule has 0 aliphatic carbocycles. The van der Waals surface area contributed by atoms with Gasteiger partial charge in [0.15, 0.2) is 0 Å². The number of anilines is 1. The minimum atomic E-state index is -0.117. The molecule has 0 unspecified atom stereocenters. The zero-order valence-corrected chi connectivity index (χ0v) is 18.9. The largest absolute Gasteiger partial charge is 0.493 e. The van der Waals surface area contributed by atoms with E-state index in [1.807, 2.05) is 51.1 Å². The topological polar surface area (TPSA) is 67.4 Å². The zero-order valence-electron chi connectivity index (χ0n) is 17.3. The van der Waals surface area contributed by atoms with Crippen molar-refractivity contribution in [3.8, 4) is 5.75 Å². The van der Waals surface area contributed by atoms with Gasteiger partial charge in [0.25, 0.3) is 0 Å². The number of rotatable bonds is 10. The van der Waals surface area contributed by atoms with Crippen LogP contribution < -0.4 is 15.4 Å². The second-order valence-corrected chi connectivity index (χ2v) is 8.10. The molecule has 5 nitrogen and oxygen atoms in total. The quantitative estimate of drug-likeness (QED) is 0.486. The number of benzene rings is 2. The smallest absolute Gasteiger partial charge is 0.226 e. The normalized spacial score (nSPS) is 10.5. The Balaban J connectivity index is 1.58. The van der Waals surface area contributed by atoms with Crippen LogP contribution in [-0.2, 0) is 9.59 Å². The summed E-state index contributed by atoms with van der Waals surface area (Å²) in [5.74, 6) is 0.748. The molecule has 0 spiro atoms. The summed E-state index contributed by atoms with van der Waals surface area (Å²) in [4.78, 5) is 24.0. The molecule has 0 radical (unpaired) electrons. The average Bonchev–Trinajstić information content (AvgIpc) is 2.67. The first-order valence-electron chi connectivity index (χ1n) is 9.88. The summed E-state index contributed by atoms with van der Waals surface area (Å²) in [5, 5.41) is 5.67. The molecule has 2 aromatic carbocycles. The van der Waals surface area contributed by atoms with Gasteiger partial charge in [0, 0.05) is 29.5 Å². The summed E-state index contributed by atoms with van der Waals surface area (Å²) in [7, 11) is 0. The second kappa shape index (κ2) is 11.6. The molecular formula is C23H29BrN2O3. The highest BCUT2D eigenvalue weighted by Crippen LogP contribution is 2.21. The van der Waals surface area contributed by atoms with Gasteiger partial charge in [0.05, 0.1) is 6.61 Å². The van der Waals surface area contributed by atoms with Crippen LogP contribution in [0.25, 0.3) is 0 Å². The van der Waals surface area contributed by atoms with Crippen LogP contribution in [0.3, 0.4) is 0 Å². The van der Waals surface area contributed by atoms with Crippen LogP contribution >= 0.6 is 15.9 Å². The fourth-order valence-corrected chi connectivity index (χ4v) is 3.14. The highest BCUT2D eigenvalue weighted by Gasteiger charge is 2.07. The van der Waals surface area contributed by atoms with Gasteiger partial charge in [-0.25, -0.2) is 0 Å². The summed E-state index contributed by atoms with van der Waals surface area (Å²) >= 11 is 3.40. The van der Waals surface area contributed by atoms with Gasteiger partial charge in [0.1, 0.15) is 5.75 Å². The van der Waals surface area contributed by atoms with E-state index in [2.05, 4.69) is 32.6 Å². The molecule has 0 bridgehead atoms. The van der Waals surface area contributed by atoms with Crippen molar-refractivity contribution in [1.82, 2.24) is 5.32 Å². The molecule has 2 amide bonds. The zero-order chi connectivity index (χ0) is 21.2. The van der Waals surface area contributed by atoms with Crippen LogP contribution in [0.1, 0.15) is 42.4 Å². The van der Waals surface area contributed by atoms with E-state index in [1.54, 1.807) is 0 Å². The summed E-state index contributed by atoms with van der Waals surface area (Å²) in [5.41, 5.74) is 4.06. The Kier molecular flexibility index (Phi) is 9.19. The third-order valence-corrected chi connectivity index (χ3v) is 5.04. The van der Waals surface area contributed by atoms with E-state index >= 15 is 0 Å². The molecule has 0 atom stereocenters. The maximum Gasteiger partial charge on any atom is 0.226 e. The Labute approximate surface area is 181 Å². The Morgan fingerprint density at radius 1 is 0.931 bits per heavy atom. The van der Waals surface area contributed by atoms with Crippen molar-refractivity contribution in [3.05, 3.63) is 57.6 Å². The van der Waals surface area contributed by atoms with Gasteiger partial charge >= 0.3 is 0 Å². The molecule has 0 aliphatic rings. The molecule has 156 valence electrons. The van der Waals surface area contributed by atoms with E-state index in [0.29, 0.717) is 19.6 Å². The summed E-state index contributed by atoms with van der Waals surface area (Å²) in [6.45, 7) is 6.92. The maximum atomic E-state index is 12.0. The predicted octanol–water partition coefficient (Wildman–Crippen LogP) is 5.07. The van der Waals surface area contributed by atoms with Crippen molar-refractivity contribution in [1.29, 1.82) is 0 Å². The lowest BCUT2D eigenvalue weighted by molar-refractivity contribution is -0.121. The molecule has 0 saturated carbocycles. The molecule has 6 heteroatoms. The molecule has 0 heterocycles. The molecule has 2 rings (SSSR count). The van der Waals surface area contributed by atoms with Gasteiger partial charge in [-0.1, -0.05) is 34.1 Å². The Bertz CT molecular complexity index is 852. The van der Waals surface area contributed by atoms with Gasteiger partial charge in [-0.15, -0.1) is 0 Å². The van der Waals surface area contributed by atoms with E-state index in [4.69, 9.17) is 4.74 Å². The lowest BCUT2D eigenvalue weighted by Crippen LogP contribution is -2.27. The summed E-state index contributed by atoms with van der Waals surface area (Å²) < 4.78 is 6.71. The van der Waals surface area contributed by atoms with Crippen molar-refractivity contribution in [2.45, 2.75) is 46.5 Å². The monoisotopic (exact) mass is 460 g/mol. The highest BCUT2D eigenvalue weighted by molar-refractivity contribution is 9.10. The van der Waals surface area contributed by atoms with Gasteiger partial charge in [0.2, 0.25) is 11.8 Å². The Morgan fingerprint density at radius 2 is 1.69 bits per heavy atom. The fourth-order valence-electron chi connectivity index (χ4n) is 2.78. The van der Waals surface area contributed by atoms with E-state index in [1.165, 1.54) is 5.56 Å². The van der Waals surface area contributed by atoms with Gasteiger partial charge in [-0.05, 0) is 68.5 Å². The first kappa shape index (κ1) is 22.9. The number of aryl methyl sites for hydroxylation is 3. The molecule has 2 aromatic rings. The number of hydrogen-bond donors (Lipinski definition) is 2. The lowest BCUT2D eigenvalue weighted by atomic mass is 10.1. The number of nitrogens with one attached hydrogen (secondary N) is 2. The van der Waals surface area contributed by atoms with E-state index in [0.717, 1.165) is 39.9 Å². The number of carbonyl (C=O) groups is 2. The van der Waals surface area contributed by atoms with Crippen LogP contribution in [0.5, 0.6) is 5.75 Å². The van der Waals surface area contributed by atoms with Crippen LogP contribution in [0.4, 0.5) is 5.69 Å². The van der Waals surface area contributed by atoms with Gasteiger partial charge in [-0.3, -0.25) is 9.59 Å². The molecule has 0 aliphatic heterocycles. The SMILES string of the molecule is Cc1ccc(C)c(OCCCCC(=O)NCCC(=O)Nc2cc(Br)ccc2C)c1. The minimum absolute atomic E-state index is 0.0387. The molecule has 0 fully saturated rings. The fraction of sp³-hybridized carbons (Fsp3) is 0.391. The van der Waals surface area contributed by atoms with E-state index in [9.17, 15) is 9.59 Å². The van der Waals surface area contributed by atoms with Crippen molar-refractivity contribution in [3.63, 3.8) is 0 Å². The van der Waals surface area contributed by atoms with Crippen LogP contribution in [0, 0.1) is 20.8 Å². The standard InChI is InChI=1S/C23H29BrN2O3/c1-16-7-8-18(3)21(14-16)29-13-5-4-6-22(27)25-12-11-23(28)26-20-15-19(24)10-9-17(20)2/h7-10,14-15H,4-6,11-13H2,1-3H3,(H,25,27)(H,26,28). The average molecular weight is 461 g/mol. The third kappa shape index (κ3) is 8.28. The van der Waals surface area contributed by atoms with Crippen LogP contribution in [0.2, 0.25) is 0 Å². The first-order chi connectivity index (χ1) is 13.8. The van der Waals surface area contributed by atoms with Crippen molar-refractivity contribution >= 4 is 33.4 Å². The maximum absolute atomic E-state index is 12.0. The number of amides is 2. The van der Waals surface area contributed by atoms with Crippen LogP contribution in [-0.4, -0.2) is 25.0 Å². The number of hydrogen-bond acceptors (Lipinski definition) is 3. The molecular weight excluding hydrogens is 432 g/mol. The minimum Gasteiger partial charge on any atom is -0.493 e. The number of halogens is 1. The van der Waals surface area contributed by atoms with E-state index in [-0.39, 0.29) is 18.2 Å². The second-order valence-electron chi connectivity index (χ2n) is 7.18. The third-order valence-electron chi connectivity index (χ3n) is 4.55. The Morgan fingerprint density at radius 3 is 2.48 bits per heavy atom. The summed E-state index contributed by atoms with van der Waals surface area (Å²) in [6.07, 6.45) is 2.24. The molecule has 0 saturated heterocycles. The van der Waals surface area contributed by atoms with Gasteiger partial charge < -0.3 is 15.4 Å². The highest BCUT2D eigenvalue weighted by atomic mass is 79.9. The Hall–Kier alpha value is -2.34. The number of ether oxygens (including phenoxy) is 1. The molecule has 0 aromatic heterocycles. The summed E-state index contributed by atoms with van der Waals surface area (Å²) in [6, 6.07) is 11.9. The molecule has 29 heavy (non-hydrogen) atoms. The van der Waals surface area contributed by atoms with Crippen molar-refractivity contribution in [2.24, 2.45) is 0 Å². The number of carbonyl (C=O) groups excluding carboxylic acids is 2. The predicted molar refractivity (Wildman–Crippen MR) is 120 cm³/mol. The van der Waals surface area contributed by atoms with Gasteiger partial charge in [-0.2, -0.15) is 0 Å².